The van der Waals surface area contributed by atoms with E-state index >= 15 is 0 Å². The van der Waals surface area contributed by atoms with E-state index in [9.17, 15) is 0 Å². The second-order valence-electron chi connectivity index (χ2n) is 5.27. The third-order valence-electron chi connectivity index (χ3n) is 3.72. The quantitative estimate of drug-likeness (QED) is 0.787. The van der Waals surface area contributed by atoms with Crippen molar-refractivity contribution >= 4 is 0 Å². The lowest BCUT2D eigenvalue weighted by molar-refractivity contribution is 0.147. The molecule has 0 aromatic heterocycles. The van der Waals surface area contributed by atoms with Crippen LogP contribution in [-0.2, 0) is 11.3 Å². The van der Waals surface area contributed by atoms with Gasteiger partial charge in [-0.2, -0.15) is 0 Å². The zero-order valence-corrected chi connectivity index (χ0v) is 12.6. The fourth-order valence-electron chi connectivity index (χ4n) is 2.37. The molecule has 4 nitrogen and oxygen atoms in total. The first kappa shape index (κ1) is 15.3. The third kappa shape index (κ3) is 4.78. The highest BCUT2D eigenvalue weighted by Crippen LogP contribution is 2.14. The zero-order valence-electron chi connectivity index (χ0n) is 12.6. The fourth-order valence-corrected chi connectivity index (χ4v) is 2.37. The van der Waals surface area contributed by atoms with Crippen LogP contribution < -0.4 is 10.1 Å². The lowest BCUT2D eigenvalue weighted by atomic mass is 10.2. The molecule has 1 aromatic rings. The van der Waals surface area contributed by atoms with Crippen LogP contribution in [0.25, 0.3) is 0 Å². The molecular weight excluding hydrogens is 252 g/mol. The highest BCUT2D eigenvalue weighted by atomic mass is 16.5. The van der Waals surface area contributed by atoms with Gasteiger partial charge in [0.2, 0.25) is 0 Å². The maximum Gasteiger partial charge on any atom is 0.119 e. The molecular formula is C16H26N2O2. The van der Waals surface area contributed by atoms with E-state index in [0.29, 0.717) is 6.04 Å². The van der Waals surface area contributed by atoms with Gasteiger partial charge in [-0.05, 0) is 37.7 Å². The molecule has 1 aromatic carbocycles. The largest absolute Gasteiger partial charge is 0.492 e. The summed E-state index contributed by atoms with van der Waals surface area (Å²) in [5.41, 5.74) is 1.27. The summed E-state index contributed by atoms with van der Waals surface area (Å²) in [5, 5.41) is 3.33. The highest BCUT2D eigenvalue weighted by molar-refractivity contribution is 5.28. The van der Waals surface area contributed by atoms with Crippen molar-refractivity contribution in [3.8, 4) is 5.75 Å². The lowest BCUT2D eigenvalue weighted by Crippen LogP contribution is -2.35. The standard InChI is InChI=1S/C16H26N2O2/c1-3-17-12-14-5-4-6-16(11-14)20-10-8-18(2)15-7-9-19-13-15/h4-6,11,15,17H,3,7-10,12-13H2,1-2H3. The second-order valence-corrected chi connectivity index (χ2v) is 5.27. The second kappa shape index (κ2) is 8.25. The Morgan fingerprint density at radius 3 is 3.10 bits per heavy atom. The summed E-state index contributed by atoms with van der Waals surface area (Å²) in [4.78, 5) is 2.33. The lowest BCUT2D eigenvalue weighted by Gasteiger charge is -2.22. The highest BCUT2D eigenvalue weighted by Gasteiger charge is 2.19. The van der Waals surface area contributed by atoms with Gasteiger partial charge < -0.3 is 14.8 Å². The van der Waals surface area contributed by atoms with E-state index in [-0.39, 0.29) is 0 Å². The topological polar surface area (TPSA) is 33.7 Å². The summed E-state index contributed by atoms with van der Waals surface area (Å²) in [5.74, 6) is 0.955. The Hall–Kier alpha value is -1.10. The average molecular weight is 278 g/mol. The van der Waals surface area contributed by atoms with Crippen molar-refractivity contribution in [3.05, 3.63) is 29.8 Å². The van der Waals surface area contributed by atoms with E-state index in [1.165, 1.54) is 5.56 Å². The van der Waals surface area contributed by atoms with Crippen LogP contribution in [0.4, 0.5) is 0 Å². The molecule has 0 radical (unpaired) electrons. The predicted molar refractivity (Wildman–Crippen MR) is 81.2 cm³/mol. The van der Waals surface area contributed by atoms with Crippen molar-refractivity contribution in [1.29, 1.82) is 0 Å². The number of hydrogen-bond acceptors (Lipinski definition) is 4. The van der Waals surface area contributed by atoms with Crippen LogP contribution in [0, 0.1) is 0 Å². The SMILES string of the molecule is CCNCc1cccc(OCCN(C)C2CCOC2)c1. The molecule has 1 aliphatic heterocycles. The molecule has 0 spiro atoms. The first-order valence-corrected chi connectivity index (χ1v) is 7.50. The van der Waals surface area contributed by atoms with Gasteiger partial charge in [0.25, 0.3) is 0 Å². The minimum Gasteiger partial charge on any atom is -0.492 e. The van der Waals surface area contributed by atoms with Crippen LogP contribution in [0.3, 0.4) is 0 Å². The van der Waals surface area contributed by atoms with Gasteiger partial charge in [0.15, 0.2) is 0 Å². The maximum atomic E-state index is 5.85. The Labute approximate surface area is 122 Å². The van der Waals surface area contributed by atoms with Crippen molar-refractivity contribution in [3.63, 3.8) is 0 Å². The van der Waals surface area contributed by atoms with Crippen molar-refractivity contribution in [2.75, 3.05) is 40.0 Å². The smallest absolute Gasteiger partial charge is 0.119 e. The van der Waals surface area contributed by atoms with Gasteiger partial charge in [0, 0.05) is 25.7 Å². The molecule has 1 atom stereocenters. The molecule has 1 saturated heterocycles. The summed E-state index contributed by atoms with van der Waals surface area (Å²) < 4.78 is 11.3. The van der Waals surface area contributed by atoms with Crippen molar-refractivity contribution < 1.29 is 9.47 Å². The monoisotopic (exact) mass is 278 g/mol. The number of rotatable bonds is 8. The molecule has 1 aliphatic rings. The fraction of sp³-hybridized carbons (Fsp3) is 0.625. The molecule has 20 heavy (non-hydrogen) atoms. The number of ether oxygens (including phenoxy) is 2. The third-order valence-corrected chi connectivity index (χ3v) is 3.72. The molecule has 1 heterocycles. The Bertz CT molecular complexity index is 392. The molecule has 0 amide bonds. The van der Waals surface area contributed by atoms with Gasteiger partial charge in [-0.25, -0.2) is 0 Å². The molecule has 4 heteroatoms. The van der Waals surface area contributed by atoms with Crippen molar-refractivity contribution in [1.82, 2.24) is 10.2 Å². The van der Waals surface area contributed by atoms with E-state index < -0.39 is 0 Å². The molecule has 0 aliphatic carbocycles. The average Bonchev–Trinajstić information content (AvgIpc) is 3.00. The summed E-state index contributed by atoms with van der Waals surface area (Å²) in [6, 6.07) is 8.86. The van der Waals surface area contributed by atoms with Crippen molar-refractivity contribution in [2.45, 2.75) is 25.9 Å². The van der Waals surface area contributed by atoms with Crippen LogP contribution in [0.1, 0.15) is 18.9 Å². The number of nitrogens with zero attached hydrogens (tertiary/aromatic N) is 1. The first-order valence-electron chi connectivity index (χ1n) is 7.50. The molecule has 1 unspecified atom stereocenters. The Morgan fingerprint density at radius 1 is 1.45 bits per heavy atom. The van der Waals surface area contributed by atoms with E-state index in [0.717, 1.165) is 51.6 Å². The summed E-state index contributed by atoms with van der Waals surface area (Å²) in [6.45, 7) is 7.40. The van der Waals surface area contributed by atoms with Gasteiger partial charge in [-0.1, -0.05) is 19.1 Å². The summed E-state index contributed by atoms with van der Waals surface area (Å²) in [6.07, 6.45) is 1.13. The number of nitrogens with one attached hydrogen (secondary N) is 1. The minimum atomic E-state index is 0.554. The number of benzene rings is 1. The summed E-state index contributed by atoms with van der Waals surface area (Å²) in [7, 11) is 2.14. The van der Waals surface area contributed by atoms with Gasteiger partial charge in [-0.15, -0.1) is 0 Å². The van der Waals surface area contributed by atoms with Crippen LogP contribution in [0.2, 0.25) is 0 Å². The number of hydrogen-bond donors (Lipinski definition) is 1. The molecule has 0 bridgehead atoms. The Balaban J connectivity index is 1.72. The summed E-state index contributed by atoms with van der Waals surface area (Å²) >= 11 is 0. The molecule has 1 N–H and O–H groups in total. The van der Waals surface area contributed by atoms with Gasteiger partial charge in [0.05, 0.1) is 6.61 Å². The van der Waals surface area contributed by atoms with Gasteiger partial charge in [-0.3, -0.25) is 4.90 Å². The minimum absolute atomic E-state index is 0.554. The van der Waals surface area contributed by atoms with Crippen molar-refractivity contribution in [2.24, 2.45) is 0 Å². The van der Waals surface area contributed by atoms with Gasteiger partial charge >= 0.3 is 0 Å². The predicted octanol–water partition coefficient (Wildman–Crippen LogP) is 1.90. The molecule has 0 saturated carbocycles. The van der Waals surface area contributed by atoms with Crippen LogP contribution in [-0.4, -0.2) is 50.9 Å². The van der Waals surface area contributed by atoms with E-state index in [1.807, 2.05) is 6.07 Å². The van der Waals surface area contributed by atoms with E-state index in [4.69, 9.17) is 9.47 Å². The first-order chi connectivity index (χ1) is 9.79. The van der Waals surface area contributed by atoms with E-state index in [2.05, 4.69) is 42.4 Å². The van der Waals surface area contributed by atoms with Crippen LogP contribution in [0.15, 0.2) is 24.3 Å². The van der Waals surface area contributed by atoms with Crippen LogP contribution >= 0.6 is 0 Å². The molecule has 112 valence electrons. The number of likely N-dealkylation sites (N-methyl/N-ethyl adjacent to an activating group) is 1. The Morgan fingerprint density at radius 2 is 2.35 bits per heavy atom. The van der Waals surface area contributed by atoms with Gasteiger partial charge in [0.1, 0.15) is 12.4 Å². The Kier molecular flexibility index (Phi) is 6.30. The zero-order chi connectivity index (χ0) is 14.2. The van der Waals surface area contributed by atoms with E-state index in [1.54, 1.807) is 0 Å². The maximum absolute atomic E-state index is 5.85. The molecule has 1 fully saturated rings. The normalized spacial score (nSPS) is 18.6. The molecule has 2 rings (SSSR count). The van der Waals surface area contributed by atoms with Crippen LogP contribution in [0.5, 0.6) is 5.75 Å².